The summed E-state index contributed by atoms with van der Waals surface area (Å²) in [6.07, 6.45) is 6.44. The van der Waals surface area contributed by atoms with Crippen molar-refractivity contribution in [2.24, 2.45) is 22.6 Å². The molecule has 1 aliphatic heterocycles. The number of hydrogen-bond donors (Lipinski definition) is 4. The first-order chi connectivity index (χ1) is 17.1. The van der Waals surface area contributed by atoms with Crippen LogP contribution in [0.25, 0.3) is 0 Å². The van der Waals surface area contributed by atoms with Crippen molar-refractivity contribution in [1.29, 1.82) is 0 Å². The highest BCUT2D eigenvalue weighted by Gasteiger charge is 2.34. The summed E-state index contributed by atoms with van der Waals surface area (Å²) in [5.74, 6) is -2.15. The Labute approximate surface area is 212 Å². The van der Waals surface area contributed by atoms with Gasteiger partial charge in [0.25, 0.3) is 0 Å². The number of carbonyl (C=O) groups is 3. The highest BCUT2D eigenvalue weighted by atomic mass is 19.1. The first-order valence-electron chi connectivity index (χ1n) is 12.5. The smallest absolute Gasteiger partial charge is 0.244 e. The van der Waals surface area contributed by atoms with Crippen LogP contribution < -0.4 is 16.6 Å². The van der Waals surface area contributed by atoms with Gasteiger partial charge in [-0.1, -0.05) is 39.2 Å². The topological polar surface area (TPSA) is 144 Å². The standard InChI is InChI=1S/C24H40FN7O4/c1-5-20(26)27-22(21(25)16(2)32-12-8-11-19(32)24(35)30(3)4)28-29-23(34)18(14-31(36)15-33)13-17-9-6-7-10-17/h15,17-19,28,36H,2,5-14H2,1,3-4H3,(H2,26,27)(H,29,34)/b22-21-/t18-,19+/m1/s1. The normalized spacial score (nSPS) is 20.0. The number of nitrogens with zero attached hydrogens (tertiary/aromatic N) is 4. The number of halogens is 1. The second-order valence-corrected chi connectivity index (χ2v) is 9.57. The number of rotatable bonds is 13. The number of amides is 3. The Morgan fingerprint density at radius 1 is 1.25 bits per heavy atom. The van der Waals surface area contributed by atoms with E-state index in [0.717, 1.165) is 25.7 Å². The molecular formula is C24H40FN7O4. The number of likely N-dealkylation sites (tertiary alicyclic amines) is 1. The number of hydrazine groups is 1. The Morgan fingerprint density at radius 3 is 2.50 bits per heavy atom. The predicted molar refractivity (Wildman–Crippen MR) is 134 cm³/mol. The van der Waals surface area contributed by atoms with Gasteiger partial charge in [-0.15, -0.1) is 0 Å². The number of carbonyl (C=O) groups excluding carboxylic acids is 3. The molecule has 1 aliphatic carbocycles. The van der Waals surface area contributed by atoms with Crippen molar-refractivity contribution in [2.75, 3.05) is 27.2 Å². The maximum atomic E-state index is 15.6. The van der Waals surface area contributed by atoms with Gasteiger partial charge in [-0.3, -0.25) is 30.4 Å². The first kappa shape index (κ1) is 29.1. The van der Waals surface area contributed by atoms with E-state index in [1.54, 1.807) is 25.9 Å². The molecule has 1 saturated carbocycles. The van der Waals surface area contributed by atoms with Gasteiger partial charge >= 0.3 is 0 Å². The molecule has 0 bridgehead atoms. The Balaban J connectivity index is 2.22. The molecule has 2 aliphatic rings. The van der Waals surface area contributed by atoms with Crippen LogP contribution in [-0.2, 0) is 14.4 Å². The monoisotopic (exact) mass is 509 g/mol. The molecule has 2 atom stereocenters. The van der Waals surface area contributed by atoms with Crippen LogP contribution in [0.2, 0.25) is 0 Å². The summed E-state index contributed by atoms with van der Waals surface area (Å²) in [6, 6.07) is -0.545. The van der Waals surface area contributed by atoms with Crippen molar-refractivity contribution in [3.63, 3.8) is 0 Å². The molecule has 1 heterocycles. The van der Waals surface area contributed by atoms with Crippen LogP contribution in [0.15, 0.2) is 28.9 Å². The molecule has 0 radical (unpaired) electrons. The van der Waals surface area contributed by atoms with Crippen molar-refractivity contribution < 1.29 is 24.0 Å². The number of aliphatic imine (C=N–C) groups is 1. The first-order valence-corrected chi connectivity index (χ1v) is 12.5. The van der Waals surface area contributed by atoms with Gasteiger partial charge in [0.05, 0.1) is 18.2 Å². The summed E-state index contributed by atoms with van der Waals surface area (Å²) in [7, 11) is 3.28. The molecule has 202 valence electrons. The van der Waals surface area contributed by atoms with E-state index in [-0.39, 0.29) is 36.2 Å². The third-order valence-electron chi connectivity index (χ3n) is 6.70. The number of nitrogens with one attached hydrogen (secondary N) is 2. The molecule has 0 spiro atoms. The van der Waals surface area contributed by atoms with Crippen molar-refractivity contribution in [3.05, 3.63) is 23.9 Å². The SMILES string of the molecule is C=C(/C(F)=C(\N=C(N)CC)NNC(=O)[C@H](CC1CCCC1)CN(O)C=O)N1CCC[C@H]1C(=O)N(C)C. The summed E-state index contributed by atoms with van der Waals surface area (Å²) in [4.78, 5) is 43.6. The molecule has 12 heteroatoms. The summed E-state index contributed by atoms with van der Waals surface area (Å²) in [6.45, 7) is 5.85. The van der Waals surface area contributed by atoms with Gasteiger partial charge in [-0.05, 0) is 25.2 Å². The number of likely N-dealkylation sites (N-methyl/N-ethyl adjacent to an activating group) is 1. The zero-order chi connectivity index (χ0) is 26.8. The molecule has 3 amide bonds. The van der Waals surface area contributed by atoms with Crippen LogP contribution >= 0.6 is 0 Å². The second-order valence-electron chi connectivity index (χ2n) is 9.57. The fraction of sp³-hybridized carbons (Fsp3) is 0.667. The van der Waals surface area contributed by atoms with Gasteiger partial charge < -0.3 is 15.5 Å². The van der Waals surface area contributed by atoms with Gasteiger partial charge in [0.15, 0.2) is 11.6 Å². The van der Waals surface area contributed by atoms with E-state index in [4.69, 9.17) is 5.73 Å². The molecule has 36 heavy (non-hydrogen) atoms. The number of allylic oxidation sites excluding steroid dienone is 1. The fourth-order valence-electron chi connectivity index (χ4n) is 4.67. The van der Waals surface area contributed by atoms with E-state index in [2.05, 4.69) is 22.4 Å². The highest BCUT2D eigenvalue weighted by Crippen LogP contribution is 2.31. The van der Waals surface area contributed by atoms with E-state index in [1.807, 2.05) is 0 Å². The van der Waals surface area contributed by atoms with Crippen LogP contribution in [0.3, 0.4) is 0 Å². The Hall–Kier alpha value is -3.15. The minimum absolute atomic E-state index is 0.0397. The minimum Gasteiger partial charge on any atom is -0.387 e. The molecule has 0 aromatic carbocycles. The second kappa shape index (κ2) is 13.8. The molecule has 11 nitrogen and oxygen atoms in total. The molecular weight excluding hydrogens is 469 g/mol. The molecule has 0 unspecified atom stereocenters. The number of nitrogens with two attached hydrogens (primary N) is 1. The average Bonchev–Trinajstić information content (AvgIpc) is 3.56. The highest BCUT2D eigenvalue weighted by molar-refractivity contribution is 5.82. The van der Waals surface area contributed by atoms with Crippen molar-refractivity contribution in [2.45, 2.75) is 64.3 Å². The lowest BCUT2D eigenvalue weighted by molar-refractivity contribution is -0.155. The predicted octanol–water partition coefficient (Wildman–Crippen LogP) is 1.62. The fourth-order valence-corrected chi connectivity index (χ4v) is 4.67. The summed E-state index contributed by atoms with van der Waals surface area (Å²) in [5.41, 5.74) is 10.8. The van der Waals surface area contributed by atoms with E-state index in [1.165, 1.54) is 4.90 Å². The van der Waals surface area contributed by atoms with E-state index >= 15 is 4.39 Å². The number of hydroxylamine groups is 2. The Morgan fingerprint density at radius 2 is 1.92 bits per heavy atom. The molecule has 1 saturated heterocycles. The molecule has 0 aromatic rings. The Bertz CT molecular complexity index is 871. The molecule has 0 aromatic heterocycles. The van der Waals surface area contributed by atoms with Crippen LogP contribution in [0.1, 0.15) is 58.3 Å². The van der Waals surface area contributed by atoms with E-state index in [9.17, 15) is 19.6 Å². The van der Waals surface area contributed by atoms with Crippen LogP contribution in [-0.4, -0.2) is 77.4 Å². The largest absolute Gasteiger partial charge is 0.387 e. The van der Waals surface area contributed by atoms with Crippen LogP contribution in [0, 0.1) is 11.8 Å². The number of amidine groups is 1. The lowest BCUT2D eigenvalue weighted by Gasteiger charge is -2.29. The van der Waals surface area contributed by atoms with Gasteiger partial charge in [0.1, 0.15) is 11.9 Å². The quantitative estimate of drug-likeness (QED) is 0.0738. The zero-order valence-electron chi connectivity index (χ0n) is 21.5. The maximum Gasteiger partial charge on any atom is 0.244 e. The lowest BCUT2D eigenvalue weighted by atomic mass is 9.92. The van der Waals surface area contributed by atoms with E-state index < -0.39 is 23.7 Å². The summed E-state index contributed by atoms with van der Waals surface area (Å²) < 4.78 is 15.6. The van der Waals surface area contributed by atoms with Gasteiger partial charge in [0.2, 0.25) is 18.2 Å². The molecule has 2 fully saturated rings. The molecule has 5 N–H and O–H groups in total. The maximum absolute atomic E-state index is 15.6. The number of hydrogen-bond acceptors (Lipinski definition) is 7. The van der Waals surface area contributed by atoms with Crippen LogP contribution in [0.5, 0.6) is 0 Å². The third-order valence-corrected chi connectivity index (χ3v) is 6.70. The Kier molecular flexibility index (Phi) is 11.2. The molecule has 2 rings (SSSR count). The van der Waals surface area contributed by atoms with E-state index in [0.29, 0.717) is 43.2 Å². The third kappa shape index (κ3) is 7.94. The average molecular weight is 510 g/mol. The van der Waals surface area contributed by atoms with Crippen LogP contribution in [0.4, 0.5) is 4.39 Å². The van der Waals surface area contributed by atoms with Crippen molar-refractivity contribution in [3.8, 4) is 0 Å². The van der Waals surface area contributed by atoms with Gasteiger partial charge in [0, 0.05) is 27.1 Å². The van der Waals surface area contributed by atoms with Gasteiger partial charge in [-0.2, -0.15) is 0 Å². The summed E-state index contributed by atoms with van der Waals surface area (Å²) in [5, 5.41) is 10.1. The van der Waals surface area contributed by atoms with Crippen molar-refractivity contribution in [1.82, 2.24) is 25.7 Å². The minimum atomic E-state index is -0.853. The zero-order valence-corrected chi connectivity index (χ0v) is 21.5. The van der Waals surface area contributed by atoms with Crippen molar-refractivity contribution >= 4 is 24.1 Å². The summed E-state index contributed by atoms with van der Waals surface area (Å²) >= 11 is 0. The van der Waals surface area contributed by atoms with Gasteiger partial charge in [-0.25, -0.2) is 14.4 Å². The lowest BCUT2D eigenvalue weighted by Crippen LogP contribution is -2.45.